The Labute approximate surface area is 121 Å². The lowest BCUT2D eigenvalue weighted by Gasteiger charge is -2.15. The smallest absolute Gasteiger partial charge is 0.326 e. The van der Waals surface area contributed by atoms with Gasteiger partial charge in [0.1, 0.15) is 12.6 Å². The molecular weight excluding hydrogens is 282 g/mol. The first-order valence-electron chi connectivity index (χ1n) is 6.55. The molecule has 1 heterocycles. The van der Waals surface area contributed by atoms with Crippen LogP contribution in [-0.4, -0.2) is 76.6 Å². The highest BCUT2D eigenvalue weighted by molar-refractivity contribution is 6.01. The molecule has 9 nitrogen and oxygen atoms in total. The highest BCUT2D eigenvalue weighted by atomic mass is 16.4. The number of carboxylic acid groups (broad SMARTS) is 1. The van der Waals surface area contributed by atoms with Crippen LogP contribution in [-0.2, 0) is 14.4 Å². The first-order valence-corrected chi connectivity index (χ1v) is 6.55. The Bertz CT molecular complexity index is 439. The number of nitrogens with one attached hydrogen (secondary N) is 1. The molecule has 0 aliphatic carbocycles. The zero-order valence-electron chi connectivity index (χ0n) is 11.7. The number of hydrogen-bond acceptors (Lipinski definition) is 5. The molecule has 4 amide bonds. The minimum atomic E-state index is -1.22. The maximum Gasteiger partial charge on any atom is 0.326 e. The molecule has 1 fully saturated rings. The van der Waals surface area contributed by atoms with E-state index in [4.69, 9.17) is 10.2 Å². The number of likely N-dealkylation sites (N-methyl/N-ethyl adjacent to an activating group) is 1. The van der Waals surface area contributed by atoms with Crippen molar-refractivity contribution >= 4 is 23.8 Å². The number of aliphatic carboxylic acids is 1. The van der Waals surface area contributed by atoms with Crippen molar-refractivity contribution < 1.29 is 29.4 Å². The molecule has 1 aliphatic heterocycles. The number of nitrogens with zero attached hydrogens (tertiary/aromatic N) is 2. The van der Waals surface area contributed by atoms with E-state index in [1.807, 2.05) is 0 Å². The van der Waals surface area contributed by atoms with Crippen LogP contribution in [0.25, 0.3) is 0 Å². The van der Waals surface area contributed by atoms with Gasteiger partial charge in [-0.15, -0.1) is 0 Å². The summed E-state index contributed by atoms with van der Waals surface area (Å²) in [6.07, 6.45) is 0.174. The number of aliphatic hydroxyl groups is 1. The molecule has 118 valence electrons. The molecule has 0 aromatic carbocycles. The Morgan fingerprint density at radius 2 is 2.05 bits per heavy atom. The van der Waals surface area contributed by atoms with Crippen molar-refractivity contribution in [3.63, 3.8) is 0 Å². The summed E-state index contributed by atoms with van der Waals surface area (Å²) in [5.74, 6) is -2.03. The fourth-order valence-electron chi connectivity index (χ4n) is 1.94. The van der Waals surface area contributed by atoms with Crippen LogP contribution in [0.2, 0.25) is 0 Å². The summed E-state index contributed by atoms with van der Waals surface area (Å²) >= 11 is 0. The first-order chi connectivity index (χ1) is 9.86. The van der Waals surface area contributed by atoms with Crippen molar-refractivity contribution in [2.75, 3.05) is 26.7 Å². The van der Waals surface area contributed by atoms with E-state index in [2.05, 4.69) is 5.32 Å². The Morgan fingerprint density at radius 3 is 2.52 bits per heavy atom. The van der Waals surface area contributed by atoms with Crippen LogP contribution in [0.3, 0.4) is 0 Å². The summed E-state index contributed by atoms with van der Waals surface area (Å²) in [6, 6.07) is -1.53. The van der Waals surface area contributed by atoms with E-state index in [9.17, 15) is 19.2 Å². The quantitative estimate of drug-likeness (QED) is 0.474. The molecular formula is C12H19N3O6. The van der Waals surface area contributed by atoms with Gasteiger partial charge in [-0.3, -0.25) is 14.5 Å². The van der Waals surface area contributed by atoms with Crippen molar-refractivity contribution in [2.45, 2.75) is 25.3 Å². The SMILES string of the molecule is CN1CC(=O)N(CCCC(=O)N[C@@H](CCO)C(=O)O)C1=O. The highest BCUT2D eigenvalue weighted by Crippen LogP contribution is 2.09. The minimum Gasteiger partial charge on any atom is -0.480 e. The number of hydrogen-bond donors (Lipinski definition) is 3. The van der Waals surface area contributed by atoms with Crippen molar-refractivity contribution in [2.24, 2.45) is 0 Å². The predicted octanol–water partition coefficient (Wildman–Crippen LogP) is -1.39. The van der Waals surface area contributed by atoms with Crippen molar-refractivity contribution in [3.05, 3.63) is 0 Å². The molecule has 0 bridgehead atoms. The molecule has 1 aliphatic rings. The first kappa shape index (κ1) is 16.9. The molecule has 0 saturated carbocycles. The fraction of sp³-hybridized carbons (Fsp3) is 0.667. The third kappa shape index (κ3) is 4.71. The third-order valence-electron chi connectivity index (χ3n) is 3.07. The number of carbonyl (C=O) groups excluding carboxylic acids is 3. The van der Waals surface area contributed by atoms with Gasteiger partial charge < -0.3 is 20.4 Å². The lowest BCUT2D eigenvalue weighted by atomic mass is 10.2. The average molecular weight is 301 g/mol. The van der Waals surface area contributed by atoms with Crippen LogP contribution in [0.1, 0.15) is 19.3 Å². The third-order valence-corrected chi connectivity index (χ3v) is 3.07. The predicted molar refractivity (Wildman–Crippen MR) is 70.2 cm³/mol. The molecule has 1 atom stereocenters. The van der Waals surface area contributed by atoms with E-state index in [1.54, 1.807) is 0 Å². The van der Waals surface area contributed by atoms with Gasteiger partial charge >= 0.3 is 12.0 Å². The number of aliphatic hydroxyl groups excluding tert-OH is 1. The van der Waals surface area contributed by atoms with E-state index in [-0.39, 0.29) is 44.9 Å². The summed E-state index contributed by atoms with van der Waals surface area (Å²) in [5.41, 5.74) is 0. The monoisotopic (exact) mass is 301 g/mol. The van der Waals surface area contributed by atoms with E-state index in [0.29, 0.717) is 0 Å². The Kier molecular flexibility index (Phi) is 6.10. The second-order valence-corrected chi connectivity index (χ2v) is 4.76. The largest absolute Gasteiger partial charge is 0.480 e. The van der Waals surface area contributed by atoms with Crippen LogP contribution in [0.4, 0.5) is 4.79 Å². The van der Waals surface area contributed by atoms with E-state index >= 15 is 0 Å². The molecule has 9 heteroatoms. The van der Waals surface area contributed by atoms with E-state index in [1.165, 1.54) is 11.9 Å². The number of urea groups is 1. The Hall–Kier alpha value is -2.16. The zero-order valence-corrected chi connectivity index (χ0v) is 11.7. The van der Waals surface area contributed by atoms with Gasteiger partial charge in [-0.25, -0.2) is 9.59 Å². The van der Waals surface area contributed by atoms with Gasteiger partial charge in [-0.05, 0) is 6.42 Å². The molecule has 0 spiro atoms. The number of carbonyl (C=O) groups is 4. The van der Waals surface area contributed by atoms with Gasteiger partial charge in [0.25, 0.3) is 0 Å². The molecule has 0 aromatic heterocycles. The number of imide groups is 1. The van der Waals surface area contributed by atoms with Gasteiger partial charge in [0, 0.05) is 33.0 Å². The maximum absolute atomic E-state index is 11.6. The molecule has 0 aromatic rings. The summed E-state index contributed by atoms with van der Waals surface area (Å²) < 4.78 is 0. The average Bonchev–Trinajstić information content (AvgIpc) is 2.64. The minimum absolute atomic E-state index is 0.00399. The summed E-state index contributed by atoms with van der Waals surface area (Å²) in [7, 11) is 1.51. The number of amides is 4. The lowest BCUT2D eigenvalue weighted by Crippen LogP contribution is -2.41. The number of carboxylic acids is 1. The van der Waals surface area contributed by atoms with Crippen molar-refractivity contribution in [1.82, 2.24) is 15.1 Å². The van der Waals surface area contributed by atoms with Crippen LogP contribution < -0.4 is 5.32 Å². The molecule has 21 heavy (non-hydrogen) atoms. The van der Waals surface area contributed by atoms with E-state index in [0.717, 1.165) is 4.90 Å². The second kappa shape index (κ2) is 7.58. The normalized spacial score (nSPS) is 16.3. The van der Waals surface area contributed by atoms with Gasteiger partial charge in [0.05, 0.1) is 0 Å². The summed E-state index contributed by atoms with van der Waals surface area (Å²) in [4.78, 5) is 47.8. The molecule has 1 rings (SSSR count). The van der Waals surface area contributed by atoms with Gasteiger partial charge in [-0.2, -0.15) is 0 Å². The van der Waals surface area contributed by atoms with Crippen LogP contribution in [0.15, 0.2) is 0 Å². The molecule has 0 unspecified atom stereocenters. The summed E-state index contributed by atoms with van der Waals surface area (Å²) in [5, 5.41) is 19.8. The lowest BCUT2D eigenvalue weighted by molar-refractivity contribution is -0.142. The molecule has 1 saturated heterocycles. The topological polar surface area (TPSA) is 127 Å². The molecule has 3 N–H and O–H groups in total. The van der Waals surface area contributed by atoms with Crippen LogP contribution >= 0.6 is 0 Å². The van der Waals surface area contributed by atoms with Gasteiger partial charge in [-0.1, -0.05) is 0 Å². The van der Waals surface area contributed by atoms with E-state index < -0.39 is 23.9 Å². The van der Waals surface area contributed by atoms with Gasteiger partial charge in [0.2, 0.25) is 11.8 Å². The maximum atomic E-state index is 11.6. The Balaban J connectivity index is 2.35. The van der Waals surface area contributed by atoms with Gasteiger partial charge in [0.15, 0.2) is 0 Å². The van der Waals surface area contributed by atoms with Crippen LogP contribution in [0, 0.1) is 0 Å². The summed E-state index contributed by atoms with van der Waals surface area (Å²) in [6.45, 7) is -0.198. The standard InChI is InChI=1S/C12H19N3O6/c1-14-7-10(18)15(12(14)21)5-2-3-9(17)13-8(4-6-16)11(19)20/h8,16H,2-7H2,1H3,(H,13,17)(H,19,20)/t8-/m0/s1. The highest BCUT2D eigenvalue weighted by Gasteiger charge is 2.32. The number of rotatable bonds is 8. The van der Waals surface area contributed by atoms with Crippen molar-refractivity contribution in [1.29, 1.82) is 0 Å². The zero-order chi connectivity index (χ0) is 16.0. The second-order valence-electron chi connectivity index (χ2n) is 4.76. The Morgan fingerprint density at radius 1 is 1.38 bits per heavy atom. The van der Waals surface area contributed by atoms with Crippen molar-refractivity contribution in [3.8, 4) is 0 Å². The van der Waals surface area contributed by atoms with Crippen LogP contribution in [0.5, 0.6) is 0 Å². The molecule has 0 radical (unpaired) electrons. The fourth-order valence-corrected chi connectivity index (χ4v) is 1.94.